The molecule has 0 radical (unpaired) electrons. The molecule has 0 saturated carbocycles. The lowest BCUT2D eigenvalue weighted by atomic mass is 10.0. The number of aliphatic hydroxyl groups is 2. The van der Waals surface area contributed by atoms with Gasteiger partial charge in [0, 0.05) is 19.3 Å². The van der Waals surface area contributed by atoms with E-state index >= 15 is 0 Å². The monoisotopic (exact) mass is 1480 g/mol. The van der Waals surface area contributed by atoms with E-state index in [2.05, 4.69) is 167 Å². The average molecular weight is 1480 g/mol. The van der Waals surface area contributed by atoms with Gasteiger partial charge in [0.05, 0.1) is 26.4 Å². The molecule has 0 fully saturated rings. The summed E-state index contributed by atoms with van der Waals surface area (Å²) in [6.07, 6.45) is 94.8. The fraction of sp³-hybridized carbons (Fsp3) is 0.682. The number of ether oxygens (including phenoxy) is 3. The van der Waals surface area contributed by atoms with Gasteiger partial charge in [0.2, 0.25) is 0 Å². The molecule has 0 aliphatic carbocycles. The molecule has 0 saturated heterocycles. The highest BCUT2D eigenvalue weighted by Crippen LogP contribution is 2.45. The third kappa shape index (κ3) is 78.3. The molecule has 103 heavy (non-hydrogen) atoms. The van der Waals surface area contributed by atoms with Crippen molar-refractivity contribution in [2.45, 2.75) is 334 Å². The van der Waals surface area contributed by atoms with E-state index < -0.39 is 91.5 Å². The van der Waals surface area contributed by atoms with Gasteiger partial charge in [-0.2, -0.15) is 0 Å². The minimum Gasteiger partial charge on any atom is -0.463 e. The van der Waals surface area contributed by atoms with Crippen LogP contribution in [0.15, 0.2) is 146 Å². The Labute approximate surface area is 626 Å². The summed E-state index contributed by atoms with van der Waals surface area (Å²) in [7, 11) is -9.80. The van der Waals surface area contributed by atoms with E-state index in [0.29, 0.717) is 19.3 Å². The molecule has 0 amide bonds. The predicted molar refractivity (Wildman–Crippen MR) is 426 cm³/mol. The van der Waals surface area contributed by atoms with Crippen LogP contribution in [0.3, 0.4) is 0 Å². The highest BCUT2D eigenvalue weighted by atomic mass is 31.2. The zero-order chi connectivity index (χ0) is 75.2. The number of carbonyl (C=O) groups is 3. The summed E-state index contributed by atoms with van der Waals surface area (Å²) in [6, 6.07) is 0. The minimum atomic E-state index is -4.94. The predicted octanol–water partition coefficient (Wildman–Crippen LogP) is 23.7. The number of unbranched alkanes of at least 4 members (excludes halogenated alkanes) is 28. The molecule has 0 bridgehead atoms. The lowest BCUT2D eigenvalue weighted by molar-refractivity contribution is -0.161. The first kappa shape index (κ1) is 98.4. The van der Waals surface area contributed by atoms with Crippen molar-refractivity contribution in [1.82, 2.24) is 0 Å². The molecule has 5 atom stereocenters. The fourth-order valence-electron chi connectivity index (χ4n) is 10.5. The third-order valence-electron chi connectivity index (χ3n) is 16.5. The maximum atomic E-state index is 13.0. The smallest absolute Gasteiger partial charge is 0.463 e. The molecule has 16 nitrogen and oxygen atoms in total. The van der Waals surface area contributed by atoms with E-state index in [-0.39, 0.29) is 19.3 Å². The summed E-state index contributed by atoms with van der Waals surface area (Å²) >= 11 is 0. The number of phosphoric ester groups is 2. The summed E-state index contributed by atoms with van der Waals surface area (Å²) < 4.78 is 61.1. The van der Waals surface area contributed by atoms with Crippen molar-refractivity contribution in [3.63, 3.8) is 0 Å². The second-order valence-electron chi connectivity index (χ2n) is 26.4. The Hall–Kier alpha value is -4.57. The summed E-state index contributed by atoms with van der Waals surface area (Å²) in [4.78, 5) is 58.6. The van der Waals surface area contributed by atoms with Crippen LogP contribution in [0.2, 0.25) is 0 Å². The minimum absolute atomic E-state index is 0.0786. The van der Waals surface area contributed by atoms with Gasteiger partial charge in [-0.25, -0.2) is 9.13 Å². The number of phosphoric acid groups is 2. The van der Waals surface area contributed by atoms with Gasteiger partial charge in [-0.3, -0.25) is 32.5 Å². The molecule has 0 aliphatic rings. The summed E-state index contributed by atoms with van der Waals surface area (Å²) in [6.45, 7) is 2.31. The molecule has 0 rings (SSSR count). The molecule has 0 aliphatic heterocycles. The second kappa shape index (κ2) is 77.1. The first-order chi connectivity index (χ1) is 50.2. The maximum absolute atomic E-state index is 13.0. The van der Waals surface area contributed by atoms with Crippen molar-refractivity contribution in [2.24, 2.45) is 0 Å². The number of esters is 3. The normalized spacial score (nSPS) is 14.7. The van der Waals surface area contributed by atoms with E-state index in [4.69, 9.17) is 32.3 Å². The number of rotatable bonds is 75. The number of hydrogen-bond donors (Lipinski definition) is 4. The van der Waals surface area contributed by atoms with E-state index in [1.165, 1.54) is 89.9 Å². The van der Waals surface area contributed by atoms with Crippen LogP contribution < -0.4 is 0 Å². The molecule has 5 unspecified atom stereocenters. The van der Waals surface area contributed by atoms with Gasteiger partial charge < -0.3 is 34.2 Å². The highest BCUT2D eigenvalue weighted by molar-refractivity contribution is 7.47. The lowest BCUT2D eigenvalue weighted by Crippen LogP contribution is -2.30. The summed E-state index contributed by atoms with van der Waals surface area (Å²) in [5, 5.41) is 20.6. The lowest BCUT2D eigenvalue weighted by Gasteiger charge is -2.21. The van der Waals surface area contributed by atoms with E-state index in [1.807, 2.05) is 0 Å². The first-order valence-electron chi connectivity index (χ1n) is 40.1. The third-order valence-corrected chi connectivity index (χ3v) is 18.4. The quantitative estimate of drug-likeness (QED) is 0.0146. The van der Waals surface area contributed by atoms with Gasteiger partial charge in [-0.15, -0.1) is 0 Å². The molecule has 590 valence electrons. The van der Waals surface area contributed by atoms with Crippen LogP contribution in [0, 0.1) is 0 Å². The van der Waals surface area contributed by atoms with Crippen LogP contribution in [0.5, 0.6) is 0 Å². The van der Waals surface area contributed by atoms with Crippen LogP contribution in [0.4, 0.5) is 0 Å². The van der Waals surface area contributed by atoms with E-state index in [0.717, 1.165) is 167 Å². The SMILES string of the molecule is CC/C=C\C/C=C\C/C=C\C/C=C\C/C=C\CCCCCCCCCCCCCCCCCCCC(=O)OCC(O)COP(=O)(O)OCC(O)COP(=O)(O)OCC(COC(=O)CCCCCCCC/C=C\C/C=C\C/C=C\C/C=C\CC)OC(=O)CCCCCCC/C=C\C/C=C\C/C=C\CC. The standard InChI is InChI=1S/C85H144O16P2/c1-4-7-10-13-16-19-22-25-28-30-32-33-34-35-36-37-38-39-40-41-42-43-44-45-47-49-51-53-56-59-62-65-68-71-83(88)95-74-80(86)75-97-102(91,92)98-76-81(87)77-99-103(93,94)100-79-82(101-85(90)73-70-67-64-61-58-55-50-27-24-21-18-15-12-9-6-3)78-96-84(89)72-69-66-63-60-57-54-52-48-46-31-29-26-23-20-17-14-11-8-5-2/h7-12,16-21,25-29,32-33,35-36,46,48,50,80-82,86-87H,4-6,13-15,22-24,30-31,34,37-45,47,49,51-79H2,1-3H3,(H,91,92)(H,93,94)/b10-7-,11-8-,12-9-,19-16-,20-17-,21-18-,28-25-,29-26-,33-32-,36-35-,48-46-,50-27-. The Morgan fingerprint density at radius 2 is 0.485 bits per heavy atom. The van der Waals surface area contributed by atoms with Gasteiger partial charge in [-0.05, 0) is 135 Å². The molecule has 4 N–H and O–H groups in total. The van der Waals surface area contributed by atoms with Crippen molar-refractivity contribution in [3.8, 4) is 0 Å². The Kier molecular flexibility index (Phi) is 73.6. The van der Waals surface area contributed by atoms with Crippen LogP contribution in [-0.4, -0.2) is 95.9 Å². The van der Waals surface area contributed by atoms with Crippen molar-refractivity contribution in [3.05, 3.63) is 146 Å². The second-order valence-corrected chi connectivity index (χ2v) is 29.3. The van der Waals surface area contributed by atoms with Crippen LogP contribution >= 0.6 is 15.6 Å². The van der Waals surface area contributed by atoms with Crippen molar-refractivity contribution in [2.75, 3.05) is 39.6 Å². The number of allylic oxidation sites excluding steroid dienone is 24. The van der Waals surface area contributed by atoms with Gasteiger partial charge in [0.25, 0.3) is 0 Å². The van der Waals surface area contributed by atoms with Crippen molar-refractivity contribution < 1.29 is 75.8 Å². The van der Waals surface area contributed by atoms with Gasteiger partial charge in [0.15, 0.2) is 6.10 Å². The van der Waals surface area contributed by atoms with Crippen LogP contribution in [0.25, 0.3) is 0 Å². The first-order valence-corrected chi connectivity index (χ1v) is 43.1. The zero-order valence-corrected chi connectivity index (χ0v) is 66.2. The summed E-state index contributed by atoms with van der Waals surface area (Å²) in [5.74, 6) is -1.61. The average Bonchev–Trinajstić information content (AvgIpc) is 0.916. The zero-order valence-electron chi connectivity index (χ0n) is 64.4. The molecular formula is C85H144O16P2. The fourth-order valence-corrected chi connectivity index (χ4v) is 12.1. The van der Waals surface area contributed by atoms with Gasteiger partial charge >= 0.3 is 33.6 Å². The molecule has 0 aromatic heterocycles. The highest BCUT2D eigenvalue weighted by Gasteiger charge is 2.29. The Balaban J connectivity index is 4.45. The number of carbonyl (C=O) groups excluding carboxylic acids is 3. The van der Waals surface area contributed by atoms with Gasteiger partial charge in [-0.1, -0.05) is 308 Å². The Bertz CT molecular complexity index is 2450. The number of hydrogen-bond acceptors (Lipinski definition) is 14. The molecule has 0 aromatic carbocycles. The Morgan fingerprint density at radius 3 is 0.767 bits per heavy atom. The summed E-state index contributed by atoms with van der Waals surface area (Å²) in [5.41, 5.74) is 0. The van der Waals surface area contributed by atoms with Crippen LogP contribution in [0.1, 0.15) is 316 Å². The molecule has 0 aromatic rings. The molecular weight excluding hydrogens is 1340 g/mol. The topological polar surface area (TPSA) is 231 Å². The van der Waals surface area contributed by atoms with Crippen LogP contribution in [-0.2, 0) is 55.8 Å². The molecule has 0 spiro atoms. The molecule has 0 heterocycles. The maximum Gasteiger partial charge on any atom is 0.472 e. The largest absolute Gasteiger partial charge is 0.472 e. The Morgan fingerprint density at radius 1 is 0.272 bits per heavy atom. The molecule has 18 heteroatoms. The number of aliphatic hydroxyl groups excluding tert-OH is 2. The van der Waals surface area contributed by atoms with E-state index in [9.17, 15) is 43.5 Å². The van der Waals surface area contributed by atoms with Crippen molar-refractivity contribution >= 4 is 33.6 Å². The van der Waals surface area contributed by atoms with Crippen molar-refractivity contribution in [1.29, 1.82) is 0 Å². The van der Waals surface area contributed by atoms with E-state index in [1.54, 1.807) is 0 Å². The van der Waals surface area contributed by atoms with Gasteiger partial charge in [0.1, 0.15) is 25.4 Å².